The summed E-state index contributed by atoms with van der Waals surface area (Å²) in [6.07, 6.45) is 0.220. The van der Waals surface area contributed by atoms with Gasteiger partial charge in [0.25, 0.3) is 0 Å². The van der Waals surface area contributed by atoms with E-state index in [4.69, 9.17) is 23.2 Å². The van der Waals surface area contributed by atoms with E-state index in [1.165, 1.54) is 6.07 Å². The second kappa shape index (κ2) is 8.18. The predicted octanol–water partition coefficient (Wildman–Crippen LogP) is 5.39. The standard InChI is InChI=1S/C18H15Cl2FN2O/c1-11(10-15-16(20)4-3-5-17(15)21)22-23-12(2)18(24)13-6-8-14(19)9-7-13/h3-9H,10H2,1-2H3/b22-11-,23-12-. The number of rotatable bonds is 5. The Kier molecular flexibility index (Phi) is 6.23. The molecular weight excluding hydrogens is 350 g/mol. The molecule has 0 fully saturated rings. The Morgan fingerprint density at radius 1 is 1.04 bits per heavy atom. The van der Waals surface area contributed by atoms with E-state index in [0.717, 1.165) is 0 Å². The molecule has 0 aliphatic rings. The Hall–Kier alpha value is -2.04. The van der Waals surface area contributed by atoms with Gasteiger partial charge in [0.05, 0.1) is 0 Å². The zero-order valence-electron chi connectivity index (χ0n) is 13.2. The lowest BCUT2D eigenvalue weighted by atomic mass is 10.1. The lowest BCUT2D eigenvalue weighted by molar-refractivity contribution is 0.106. The minimum Gasteiger partial charge on any atom is -0.287 e. The zero-order valence-corrected chi connectivity index (χ0v) is 14.7. The lowest BCUT2D eigenvalue weighted by Crippen LogP contribution is -2.10. The molecule has 0 bridgehead atoms. The van der Waals surface area contributed by atoms with E-state index in [1.807, 2.05) is 0 Å². The average Bonchev–Trinajstić information content (AvgIpc) is 2.56. The van der Waals surface area contributed by atoms with Crippen molar-refractivity contribution in [3.63, 3.8) is 0 Å². The van der Waals surface area contributed by atoms with E-state index in [9.17, 15) is 9.18 Å². The summed E-state index contributed by atoms with van der Waals surface area (Å²) in [4.78, 5) is 12.2. The summed E-state index contributed by atoms with van der Waals surface area (Å²) in [5.74, 6) is -0.637. The molecule has 2 aromatic rings. The molecule has 0 aliphatic heterocycles. The Bertz CT molecular complexity index is 794. The summed E-state index contributed by atoms with van der Waals surface area (Å²) in [5, 5.41) is 8.82. The lowest BCUT2D eigenvalue weighted by Gasteiger charge is -2.04. The number of carbonyl (C=O) groups excluding carboxylic acids is 1. The van der Waals surface area contributed by atoms with Gasteiger partial charge < -0.3 is 0 Å². The highest BCUT2D eigenvalue weighted by Gasteiger charge is 2.10. The van der Waals surface area contributed by atoms with Gasteiger partial charge in [0.15, 0.2) is 0 Å². The highest BCUT2D eigenvalue weighted by molar-refractivity contribution is 6.45. The summed E-state index contributed by atoms with van der Waals surface area (Å²) in [7, 11) is 0. The van der Waals surface area contributed by atoms with E-state index >= 15 is 0 Å². The van der Waals surface area contributed by atoms with Crippen LogP contribution in [0.5, 0.6) is 0 Å². The highest BCUT2D eigenvalue weighted by atomic mass is 35.5. The first kappa shape index (κ1) is 18.3. The monoisotopic (exact) mass is 364 g/mol. The van der Waals surface area contributed by atoms with E-state index in [-0.39, 0.29) is 17.9 Å². The zero-order chi connectivity index (χ0) is 17.7. The van der Waals surface area contributed by atoms with Crippen LogP contribution in [0.15, 0.2) is 52.7 Å². The van der Waals surface area contributed by atoms with Crippen LogP contribution in [0.3, 0.4) is 0 Å². The fraction of sp³-hybridized carbons (Fsp3) is 0.167. The van der Waals surface area contributed by atoms with Crippen LogP contribution in [0.4, 0.5) is 4.39 Å². The number of carbonyl (C=O) groups is 1. The number of nitrogens with zero attached hydrogens (tertiary/aromatic N) is 2. The SMILES string of the molecule is C/C(Cc1c(F)cccc1Cl)=N/N=C(/C)C(=O)c1ccc(Cl)cc1. The third-order valence-electron chi connectivity index (χ3n) is 3.30. The second-order valence-corrected chi connectivity index (χ2v) is 6.08. The van der Waals surface area contributed by atoms with Gasteiger partial charge in [-0.1, -0.05) is 29.3 Å². The molecule has 0 amide bonds. The van der Waals surface area contributed by atoms with Gasteiger partial charge in [0, 0.05) is 33.3 Å². The van der Waals surface area contributed by atoms with Crippen molar-refractivity contribution in [2.75, 3.05) is 0 Å². The molecule has 124 valence electrons. The van der Waals surface area contributed by atoms with Gasteiger partial charge in [0.1, 0.15) is 11.5 Å². The van der Waals surface area contributed by atoms with Gasteiger partial charge in [-0.15, -0.1) is 0 Å². The van der Waals surface area contributed by atoms with Gasteiger partial charge in [-0.25, -0.2) is 4.39 Å². The van der Waals surface area contributed by atoms with Gasteiger partial charge in [-0.2, -0.15) is 10.2 Å². The molecule has 0 unspecified atom stereocenters. The van der Waals surface area contributed by atoms with E-state index in [2.05, 4.69) is 10.2 Å². The smallest absolute Gasteiger partial charge is 0.208 e. The van der Waals surface area contributed by atoms with Crippen molar-refractivity contribution in [2.24, 2.45) is 10.2 Å². The van der Waals surface area contributed by atoms with E-state index in [0.29, 0.717) is 26.9 Å². The topological polar surface area (TPSA) is 41.8 Å². The first-order valence-electron chi connectivity index (χ1n) is 7.19. The molecule has 3 nitrogen and oxygen atoms in total. The average molecular weight is 365 g/mol. The minimum atomic E-state index is -0.394. The summed E-state index contributed by atoms with van der Waals surface area (Å²) in [6, 6.07) is 11.0. The van der Waals surface area contributed by atoms with Crippen molar-refractivity contribution < 1.29 is 9.18 Å². The summed E-state index contributed by atoms with van der Waals surface area (Å²) in [5.41, 5.74) is 1.62. The van der Waals surface area contributed by atoms with Crippen LogP contribution in [-0.2, 0) is 6.42 Å². The summed E-state index contributed by atoms with van der Waals surface area (Å²) < 4.78 is 13.8. The van der Waals surface area contributed by atoms with Crippen LogP contribution in [-0.4, -0.2) is 17.2 Å². The quantitative estimate of drug-likeness (QED) is 0.398. The molecule has 0 atom stereocenters. The Morgan fingerprint density at radius 3 is 2.33 bits per heavy atom. The second-order valence-electron chi connectivity index (χ2n) is 5.23. The molecule has 0 heterocycles. The number of Topliss-reactive ketones (excluding diaryl/α,β-unsaturated/α-hetero) is 1. The molecule has 0 aliphatic carbocycles. The van der Waals surface area contributed by atoms with Crippen LogP contribution < -0.4 is 0 Å². The number of hydrogen-bond acceptors (Lipinski definition) is 3. The van der Waals surface area contributed by atoms with Crippen LogP contribution in [0.2, 0.25) is 10.0 Å². The van der Waals surface area contributed by atoms with Crippen LogP contribution >= 0.6 is 23.2 Å². The first-order chi connectivity index (χ1) is 11.4. The Balaban J connectivity index is 2.13. The molecule has 0 saturated carbocycles. The summed E-state index contributed by atoms with van der Waals surface area (Å²) in [6.45, 7) is 3.27. The van der Waals surface area contributed by atoms with Crippen LogP contribution in [0.1, 0.15) is 29.8 Å². The van der Waals surface area contributed by atoms with Crippen molar-refractivity contribution in [1.29, 1.82) is 0 Å². The first-order valence-corrected chi connectivity index (χ1v) is 7.95. The third kappa shape index (κ3) is 4.73. The van der Waals surface area contributed by atoms with Crippen molar-refractivity contribution in [1.82, 2.24) is 0 Å². The van der Waals surface area contributed by atoms with Gasteiger partial charge in [-0.05, 0) is 50.2 Å². The number of halogens is 3. The van der Waals surface area contributed by atoms with Crippen LogP contribution in [0, 0.1) is 5.82 Å². The molecule has 6 heteroatoms. The maximum atomic E-state index is 13.8. The van der Waals surface area contributed by atoms with Gasteiger partial charge in [-0.3, -0.25) is 4.79 Å². The van der Waals surface area contributed by atoms with Gasteiger partial charge in [0.2, 0.25) is 5.78 Å². The molecule has 24 heavy (non-hydrogen) atoms. The molecule has 0 N–H and O–H groups in total. The van der Waals surface area contributed by atoms with Gasteiger partial charge >= 0.3 is 0 Å². The number of benzene rings is 2. The largest absolute Gasteiger partial charge is 0.287 e. The molecular formula is C18H15Cl2FN2O. The molecule has 0 radical (unpaired) electrons. The molecule has 2 aromatic carbocycles. The van der Waals surface area contributed by atoms with Crippen molar-refractivity contribution in [3.8, 4) is 0 Å². The van der Waals surface area contributed by atoms with Crippen molar-refractivity contribution in [3.05, 3.63) is 69.5 Å². The fourth-order valence-corrected chi connectivity index (χ4v) is 2.36. The maximum absolute atomic E-state index is 13.8. The predicted molar refractivity (Wildman–Crippen MR) is 97.1 cm³/mol. The number of hydrogen-bond donors (Lipinski definition) is 0. The minimum absolute atomic E-state index is 0.220. The fourth-order valence-electron chi connectivity index (χ4n) is 2.01. The maximum Gasteiger partial charge on any atom is 0.208 e. The van der Waals surface area contributed by atoms with Crippen molar-refractivity contribution in [2.45, 2.75) is 20.3 Å². The van der Waals surface area contributed by atoms with Crippen molar-refractivity contribution >= 4 is 40.4 Å². The highest BCUT2D eigenvalue weighted by Crippen LogP contribution is 2.19. The van der Waals surface area contributed by atoms with Crippen LogP contribution in [0.25, 0.3) is 0 Å². The van der Waals surface area contributed by atoms with E-state index in [1.54, 1.807) is 50.2 Å². The molecule has 0 aromatic heterocycles. The molecule has 0 spiro atoms. The Morgan fingerprint density at radius 2 is 1.71 bits per heavy atom. The molecule has 0 saturated heterocycles. The molecule has 2 rings (SSSR count). The number of ketones is 1. The normalized spacial score (nSPS) is 12.4. The summed E-state index contributed by atoms with van der Waals surface area (Å²) >= 11 is 11.8. The van der Waals surface area contributed by atoms with E-state index < -0.39 is 5.82 Å². The third-order valence-corrected chi connectivity index (χ3v) is 3.91. The Labute approximate surface area is 149 Å².